The van der Waals surface area contributed by atoms with Crippen LogP contribution in [0.1, 0.15) is 22.8 Å². The lowest BCUT2D eigenvalue weighted by Crippen LogP contribution is -2.50. The minimum atomic E-state index is -0.191. The number of carbonyl (C=O) groups excluding carboxylic acids is 3. The van der Waals surface area contributed by atoms with E-state index in [0.29, 0.717) is 37.3 Å². The van der Waals surface area contributed by atoms with E-state index in [4.69, 9.17) is 0 Å². The topological polar surface area (TPSA) is 81.8 Å². The standard InChI is InChI=1S/C23H28N4O3/c1-18(28)25-21-9-7-20(8-10-21)23(30)27(14-11-19-5-3-2-4-6-19)17-22(29)26-15-12-24-13-16-26/h2-10,24H,11-17H2,1H3,(H,25,28). The molecule has 1 fully saturated rings. The number of anilines is 1. The predicted molar refractivity (Wildman–Crippen MR) is 116 cm³/mol. The smallest absolute Gasteiger partial charge is 0.254 e. The van der Waals surface area contributed by atoms with Crippen LogP contribution in [0.5, 0.6) is 0 Å². The number of amides is 3. The normalized spacial score (nSPS) is 13.6. The number of piperazine rings is 1. The van der Waals surface area contributed by atoms with Crippen LogP contribution < -0.4 is 10.6 Å². The highest BCUT2D eigenvalue weighted by molar-refractivity contribution is 5.97. The second kappa shape index (κ2) is 10.5. The molecule has 1 aliphatic rings. The zero-order valence-electron chi connectivity index (χ0n) is 17.3. The minimum Gasteiger partial charge on any atom is -0.339 e. The van der Waals surface area contributed by atoms with Gasteiger partial charge in [0.25, 0.3) is 5.91 Å². The predicted octanol–water partition coefficient (Wildman–Crippen LogP) is 1.76. The SMILES string of the molecule is CC(=O)Nc1ccc(C(=O)N(CCc2ccccc2)CC(=O)N2CCNCC2)cc1. The molecular weight excluding hydrogens is 380 g/mol. The van der Waals surface area contributed by atoms with Crippen molar-refractivity contribution in [2.45, 2.75) is 13.3 Å². The quantitative estimate of drug-likeness (QED) is 0.732. The van der Waals surface area contributed by atoms with Crippen molar-refractivity contribution in [1.82, 2.24) is 15.1 Å². The van der Waals surface area contributed by atoms with Gasteiger partial charge in [0, 0.05) is 50.9 Å². The number of benzene rings is 2. The lowest BCUT2D eigenvalue weighted by Gasteiger charge is -2.30. The van der Waals surface area contributed by atoms with Gasteiger partial charge in [-0.05, 0) is 36.2 Å². The Morgan fingerprint density at radius 3 is 2.30 bits per heavy atom. The van der Waals surface area contributed by atoms with Gasteiger partial charge in [0.1, 0.15) is 6.54 Å². The molecule has 2 N–H and O–H groups in total. The van der Waals surface area contributed by atoms with E-state index in [1.807, 2.05) is 30.3 Å². The number of hydrogen-bond donors (Lipinski definition) is 2. The fourth-order valence-corrected chi connectivity index (χ4v) is 3.42. The van der Waals surface area contributed by atoms with Crippen LogP contribution in [-0.2, 0) is 16.0 Å². The molecule has 0 radical (unpaired) electrons. The fraction of sp³-hybridized carbons (Fsp3) is 0.348. The number of hydrogen-bond acceptors (Lipinski definition) is 4. The summed E-state index contributed by atoms with van der Waals surface area (Å²) in [5, 5.41) is 5.92. The molecule has 0 unspecified atom stereocenters. The zero-order chi connectivity index (χ0) is 21.3. The molecule has 1 heterocycles. The number of nitrogens with one attached hydrogen (secondary N) is 2. The van der Waals surface area contributed by atoms with Gasteiger partial charge < -0.3 is 20.4 Å². The summed E-state index contributed by atoms with van der Waals surface area (Å²) in [7, 11) is 0. The van der Waals surface area contributed by atoms with Crippen LogP contribution in [0.2, 0.25) is 0 Å². The highest BCUT2D eigenvalue weighted by atomic mass is 16.2. The first-order valence-electron chi connectivity index (χ1n) is 10.2. The van der Waals surface area contributed by atoms with E-state index in [1.165, 1.54) is 6.92 Å². The first kappa shape index (κ1) is 21.5. The Morgan fingerprint density at radius 2 is 1.67 bits per heavy atom. The summed E-state index contributed by atoms with van der Waals surface area (Å²) in [6, 6.07) is 16.7. The van der Waals surface area contributed by atoms with Crippen LogP contribution in [-0.4, -0.2) is 66.8 Å². The summed E-state index contributed by atoms with van der Waals surface area (Å²) < 4.78 is 0. The Hall–Kier alpha value is -3.19. The first-order chi connectivity index (χ1) is 14.5. The molecule has 7 heteroatoms. The Morgan fingerprint density at radius 1 is 1.00 bits per heavy atom. The third-order valence-electron chi connectivity index (χ3n) is 5.05. The average molecular weight is 409 g/mol. The van der Waals surface area contributed by atoms with Crippen LogP contribution in [0.3, 0.4) is 0 Å². The van der Waals surface area contributed by atoms with Gasteiger partial charge in [0.15, 0.2) is 0 Å². The van der Waals surface area contributed by atoms with E-state index >= 15 is 0 Å². The zero-order valence-corrected chi connectivity index (χ0v) is 17.3. The van der Waals surface area contributed by atoms with Crippen LogP contribution >= 0.6 is 0 Å². The monoisotopic (exact) mass is 408 g/mol. The van der Waals surface area contributed by atoms with Crippen LogP contribution in [0, 0.1) is 0 Å². The molecule has 30 heavy (non-hydrogen) atoms. The summed E-state index contributed by atoms with van der Waals surface area (Å²) in [5.41, 5.74) is 2.24. The van der Waals surface area contributed by atoms with Gasteiger partial charge in [0.2, 0.25) is 11.8 Å². The Labute approximate surface area is 177 Å². The lowest BCUT2D eigenvalue weighted by molar-refractivity contribution is -0.132. The molecule has 2 aromatic rings. The van der Waals surface area contributed by atoms with Crippen LogP contribution in [0.25, 0.3) is 0 Å². The lowest BCUT2D eigenvalue weighted by atomic mass is 10.1. The van der Waals surface area contributed by atoms with E-state index < -0.39 is 0 Å². The molecular formula is C23H28N4O3. The summed E-state index contributed by atoms with van der Waals surface area (Å²) >= 11 is 0. The molecule has 3 rings (SSSR count). The largest absolute Gasteiger partial charge is 0.339 e. The van der Waals surface area contributed by atoms with E-state index in [9.17, 15) is 14.4 Å². The second-order valence-electron chi connectivity index (χ2n) is 7.35. The summed E-state index contributed by atoms with van der Waals surface area (Å²) in [5.74, 6) is -0.392. The average Bonchev–Trinajstić information content (AvgIpc) is 2.77. The molecule has 3 amide bonds. The Kier molecular flexibility index (Phi) is 7.57. The highest BCUT2D eigenvalue weighted by Crippen LogP contribution is 2.13. The van der Waals surface area contributed by atoms with E-state index in [-0.39, 0.29) is 24.3 Å². The maximum atomic E-state index is 13.2. The van der Waals surface area contributed by atoms with Crippen molar-refractivity contribution in [1.29, 1.82) is 0 Å². The Bertz CT molecular complexity index is 862. The minimum absolute atomic E-state index is 0.0345. The highest BCUT2D eigenvalue weighted by Gasteiger charge is 2.23. The van der Waals surface area contributed by atoms with Gasteiger partial charge in [-0.15, -0.1) is 0 Å². The molecule has 0 aliphatic carbocycles. The van der Waals surface area contributed by atoms with Crippen molar-refractivity contribution < 1.29 is 14.4 Å². The van der Waals surface area contributed by atoms with Crippen molar-refractivity contribution in [3.05, 3.63) is 65.7 Å². The molecule has 1 saturated heterocycles. The van der Waals surface area contributed by atoms with Crippen molar-refractivity contribution in [3.63, 3.8) is 0 Å². The molecule has 1 aliphatic heterocycles. The Balaban J connectivity index is 1.72. The van der Waals surface area contributed by atoms with Crippen LogP contribution in [0.15, 0.2) is 54.6 Å². The molecule has 7 nitrogen and oxygen atoms in total. The molecule has 0 saturated carbocycles. The third-order valence-corrected chi connectivity index (χ3v) is 5.05. The van der Waals surface area contributed by atoms with E-state index in [0.717, 1.165) is 18.7 Å². The molecule has 0 bridgehead atoms. The summed E-state index contributed by atoms with van der Waals surface area (Å²) in [6.07, 6.45) is 0.672. The summed E-state index contributed by atoms with van der Waals surface area (Å²) in [4.78, 5) is 40.6. The fourth-order valence-electron chi connectivity index (χ4n) is 3.42. The van der Waals surface area contributed by atoms with Crippen molar-refractivity contribution in [2.24, 2.45) is 0 Å². The molecule has 0 aromatic heterocycles. The van der Waals surface area contributed by atoms with Crippen molar-refractivity contribution >= 4 is 23.4 Å². The first-order valence-corrected chi connectivity index (χ1v) is 10.2. The molecule has 2 aromatic carbocycles. The number of nitrogens with zero attached hydrogens (tertiary/aromatic N) is 2. The van der Waals surface area contributed by atoms with E-state index in [1.54, 1.807) is 34.1 Å². The van der Waals surface area contributed by atoms with Gasteiger partial charge in [-0.1, -0.05) is 30.3 Å². The van der Waals surface area contributed by atoms with Gasteiger partial charge in [-0.3, -0.25) is 14.4 Å². The third kappa shape index (κ3) is 6.15. The maximum absolute atomic E-state index is 13.2. The van der Waals surface area contributed by atoms with Gasteiger partial charge in [-0.2, -0.15) is 0 Å². The van der Waals surface area contributed by atoms with Crippen LogP contribution in [0.4, 0.5) is 5.69 Å². The number of carbonyl (C=O) groups is 3. The molecule has 158 valence electrons. The van der Waals surface area contributed by atoms with Crippen molar-refractivity contribution in [3.8, 4) is 0 Å². The van der Waals surface area contributed by atoms with Gasteiger partial charge >= 0.3 is 0 Å². The molecule has 0 spiro atoms. The second-order valence-corrected chi connectivity index (χ2v) is 7.35. The van der Waals surface area contributed by atoms with Gasteiger partial charge in [-0.25, -0.2) is 0 Å². The maximum Gasteiger partial charge on any atom is 0.254 e. The van der Waals surface area contributed by atoms with Crippen molar-refractivity contribution in [2.75, 3.05) is 44.6 Å². The van der Waals surface area contributed by atoms with E-state index in [2.05, 4.69) is 10.6 Å². The number of rotatable bonds is 7. The molecule has 0 atom stereocenters. The van der Waals surface area contributed by atoms with Gasteiger partial charge in [0.05, 0.1) is 0 Å². The summed E-state index contributed by atoms with van der Waals surface area (Å²) in [6.45, 7) is 4.80.